The first-order valence-corrected chi connectivity index (χ1v) is 6.52. The third-order valence-corrected chi connectivity index (χ3v) is 3.57. The Kier molecular flexibility index (Phi) is 4.12. The lowest BCUT2D eigenvalue weighted by atomic mass is 10.0. The van der Waals surface area contributed by atoms with Crippen LogP contribution in [0.2, 0.25) is 0 Å². The van der Waals surface area contributed by atoms with Crippen LogP contribution in [0, 0.1) is 16.0 Å². The van der Waals surface area contributed by atoms with Crippen LogP contribution in [0.4, 0.5) is 11.5 Å². The zero-order valence-electron chi connectivity index (χ0n) is 10.6. The molecule has 0 spiro atoms. The van der Waals surface area contributed by atoms with E-state index in [1.165, 1.54) is 31.5 Å². The van der Waals surface area contributed by atoms with Crippen LogP contribution < -0.4 is 5.32 Å². The Balaban J connectivity index is 1.94. The van der Waals surface area contributed by atoms with Gasteiger partial charge in [0.15, 0.2) is 0 Å². The molecule has 1 aromatic heterocycles. The van der Waals surface area contributed by atoms with Crippen LogP contribution in [0.25, 0.3) is 0 Å². The fourth-order valence-electron chi connectivity index (χ4n) is 2.42. The van der Waals surface area contributed by atoms with Gasteiger partial charge in [0.25, 0.3) is 5.69 Å². The number of nitro groups is 1. The summed E-state index contributed by atoms with van der Waals surface area (Å²) in [7, 11) is 0. The van der Waals surface area contributed by atoms with E-state index in [0.717, 1.165) is 24.6 Å². The van der Waals surface area contributed by atoms with Crippen molar-refractivity contribution in [3.05, 3.63) is 28.4 Å². The number of rotatable bonds is 3. The van der Waals surface area contributed by atoms with Gasteiger partial charge in [-0.25, -0.2) is 4.98 Å². The van der Waals surface area contributed by atoms with E-state index in [9.17, 15) is 10.1 Å². The van der Waals surface area contributed by atoms with Crippen molar-refractivity contribution in [1.82, 2.24) is 4.98 Å². The second-order valence-corrected chi connectivity index (χ2v) is 5.11. The number of nitrogens with one attached hydrogen (secondary N) is 1. The third kappa shape index (κ3) is 3.42. The van der Waals surface area contributed by atoms with Crippen molar-refractivity contribution in [1.29, 1.82) is 0 Å². The van der Waals surface area contributed by atoms with Gasteiger partial charge in [0.2, 0.25) is 0 Å². The summed E-state index contributed by atoms with van der Waals surface area (Å²) >= 11 is 0. The van der Waals surface area contributed by atoms with Crippen LogP contribution >= 0.6 is 0 Å². The zero-order valence-corrected chi connectivity index (χ0v) is 10.6. The lowest BCUT2D eigenvalue weighted by Gasteiger charge is -2.16. The number of hydrogen-bond acceptors (Lipinski definition) is 4. The number of aromatic nitrogens is 1. The second kappa shape index (κ2) is 5.80. The quantitative estimate of drug-likeness (QED) is 0.506. The molecule has 0 saturated heterocycles. The minimum atomic E-state index is -0.426. The molecule has 1 fully saturated rings. The Labute approximate surface area is 107 Å². The van der Waals surface area contributed by atoms with Crippen molar-refractivity contribution in [2.45, 2.75) is 45.1 Å². The molecule has 0 amide bonds. The summed E-state index contributed by atoms with van der Waals surface area (Å²) in [5.74, 6) is 1.54. The number of hydrogen-bond donors (Lipinski definition) is 1. The van der Waals surface area contributed by atoms with E-state index in [2.05, 4.69) is 17.2 Å². The first kappa shape index (κ1) is 12.8. The average molecular weight is 249 g/mol. The summed E-state index contributed by atoms with van der Waals surface area (Å²) in [5, 5.41) is 13.9. The Morgan fingerprint density at radius 3 is 2.83 bits per heavy atom. The number of nitrogens with zero attached hydrogens (tertiary/aromatic N) is 2. The molecule has 2 rings (SSSR count). The summed E-state index contributed by atoms with van der Waals surface area (Å²) < 4.78 is 0. The summed E-state index contributed by atoms with van der Waals surface area (Å²) in [4.78, 5) is 14.2. The van der Waals surface area contributed by atoms with Crippen LogP contribution in [0.1, 0.15) is 39.0 Å². The van der Waals surface area contributed by atoms with E-state index in [0.29, 0.717) is 6.04 Å². The van der Waals surface area contributed by atoms with Gasteiger partial charge in [-0.15, -0.1) is 0 Å². The molecule has 1 aromatic rings. The van der Waals surface area contributed by atoms with E-state index in [1.54, 1.807) is 6.07 Å². The van der Waals surface area contributed by atoms with E-state index >= 15 is 0 Å². The van der Waals surface area contributed by atoms with Crippen molar-refractivity contribution in [2.75, 3.05) is 5.32 Å². The highest BCUT2D eigenvalue weighted by molar-refractivity contribution is 5.40. The van der Waals surface area contributed by atoms with Crippen molar-refractivity contribution in [2.24, 2.45) is 5.92 Å². The molecule has 0 aromatic carbocycles. The Bertz CT molecular complexity index is 405. The first-order chi connectivity index (χ1) is 8.65. The minimum absolute atomic E-state index is 0.0371. The highest BCUT2D eigenvalue weighted by Gasteiger charge is 2.16. The second-order valence-electron chi connectivity index (χ2n) is 5.11. The molecule has 0 aliphatic heterocycles. The zero-order chi connectivity index (χ0) is 13.0. The van der Waals surface area contributed by atoms with Crippen molar-refractivity contribution < 1.29 is 4.92 Å². The van der Waals surface area contributed by atoms with Crippen LogP contribution in [0.3, 0.4) is 0 Å². The Morgan fingerprint density at radius 1 is 1.33 bits per heavy atom. The maximum absolute atomic E-state index is 10.5. The van der Waals surface area contributed by atoms with E-state index in [1.807, 2.05) is 0 Å². The topological polar surface area (TPSA) is 68.1 Å². The van der Waals surface area contributed by atoms with Gasteiger partial charge in [-0.1, -0.05) is 19.8 Å². The molecule has 5 nitrogen and oxygen atoms in total. The highest BCUT2D eigenvalue weighted by Crippen LogP contribution is 2.24. The molecular weight excluding hydrogens is 230 g/mol. The normalized spacial score (nSPS) is 24.3. The predicted molar refractivity (Wildman–Crippen MR) is 70.6 cm³/mol. The molecule has 18 heavy (non-hydrogen) atoms. The van der Waals surface area contributed by atoms with E-state index in [-0.39, 0.29) is 5.69 Å². The maximum atomic E-state index is 10.5. The first-order valence-electron chi connectivity index (χ1n) is 6.52. The number of anilines is 1. The molecule has 0 radical (unpaired) electrons. The molecule has 2 atom stereocenters. The van der Waals surface area contributed by atoms with E-state index in [4.69, 9.17) is 0 Å². The van der Waals surface area contributed by atoms with Gasteiger partial charge in [-0.3, -0.25) is 10.1 Å². The molecule has 5 heteroatoms. The minimum Gasteiger partial charge on any atom is -0.367 e. The lowest BCUT2D eigenvalue weighted by molar-refractivity contribution is -0.385. The molecular formula is C13H19N3O2. The molecule has 1 N–H and O–H groups in total. The number of pyridine rings is 1. The van der Waals surface area contributed by atoms with Crippen LogP contribution in [0.15, 0.2) is 18.3 Å². The van der Waals surface area contributed by atoms with Gasteiger partial charge in [0.05, 0.1) is 4.92 Å². The third-order valence-electron chi connectivity index (χ3n) is 3.57. The van der Waals surface area contributed by atoms with Gasteiger partial charge in [0.1, 0.15) is 12.0 Å². The van der Waals surface area contributed by atoms with Gasteiger partial charge in [-0.05, 0) is 31.2 Å². The highest BCUT2D eigenvalue weighted by atomic mass is 16.6. The van der Waals surface area contributed by atoms with Crippen LogP contribution in [-0.4, -0.2) is 15.9 Å². The molecule has 2 unspecified atom stereocenters. The summed E-state index contributed by atoms with van der Waals surface area (Å²) in [5.41, 5.74) is 0.0371. The smallest absolute Gasteiger partial charge is 0.287 e. The fourth-order valence-corrected chi connectivity index (χ4v) is 2.42. The predicted octanol–water partition coefficient (Wildman–Crippen LogP) is 3.37. The largest absolute Gasteiger partial charge is 0.367 e. The molecule has 1 aliphatic rings. The molecule has 98 valence electrons. The van der Waals surface area contributed by atoms with Crippen molar-refractivity contribution >= 4 is 11.5 Å². The monoisotopic (exact) mass is 249 g/mol. The van der Waals surface area contributed by atoms with Crippen molar-refractivity contribution in [3.63, 3.8) is 0 Å². The Morgan fingerprint density at radius 2 is 2.17 bits per heavy atom. The molecule has 1 saturated carbocycles. The average Bonchev–Trinajstić information content (AvgIpc) is 2.55. The molecule has 1 heterocycles. The van der Waals surface area contributed by atoms with Gasteiger partial charge in [-0.2, -0.15) is 0 Å². The van der Waals surface area contributed by atoms with Crippen LogP contribution in [-0.2, 0) is 0 Å². The van der Waals surface area contributed by atoms with Gasteiger partial charge in [0, 0.05) is 12.1 Å². The lowest BCUT2D eigenvalue weighted by Crippen LogP contribution is -2.19. The standard InChI is InChI=1S/C13H19N3O2/c1-10-3-2-4-11(6-5-10)15-13-8-7-12(9-14-13)16(17)18/h7-11H,2-6H2,1H3,(H,14,15). The fraction of sp³-hybridized carbons (Fsp3) is 0.615. The SMILES string of the molecule is CC1CCCC(Nc2ccc([N+](=O)[O-])cn2)CC1. The van der Waals surface area contributed by atoms with E-state index < -0.39 is 4.92 Å². The van der Waals surface area contributed by atoms with Crippen molar-refractivity contribution in [3.8, 4) is 0 Å². The Hall–Kier alpha value is -1.65. The summed E-state index contributed by atoms with van der Waals surface area (Å²) in [6.45, 7) is 2.30. The van der Waals surface area contributed by atoms with Gasteiger partial charge >= 0.3 is 0 Å². The molecule has 0 bridgehead atoms. The summed E-state index contributed by atoms with van der Waals surface area (Å²) in [6.07, 6.45) is 7.40. The van der Waals surface area contributed by atoms with Crippen LogP contribution in [0.5, 0.6) is 0 Å². The maximum Gasteiger partial charge on any atom is 0.287 e. The van der Waals surface area contributed by atoms with Gasteiger partial charge < -0.3 is 5.32 Å². The summed E-state index contributed by atoms with van der Waals surface area (Å²) in [6, 6.07) is 3.63. The molecule has 1 aliphatic carbocycles.